The Bertz CT molecular complexity index is 542. The van der Waals surface area contributed by atoms with Crippen LogP contribution in [0, 0.1) is 5.82 Å². The number of hydrogen-bond donors (Lipinski definition) is 3. The molecular formula is C13H15FN4. The van der Waals surface area contributed by atoms with Gasteiger partial charge in [0.15, 0.2) is 0 Å². The molecule has 1 aromatic carbocycles. The lowest BCUT2D eigenvalue weighted by Gasteiger charge is -2.10. The number of pyridine rings is 1. The minimum atomic E-state index is -0.246. The third-order valence-corrected chi connectivity index (χ3v) is 2.64. The van der Waals surface area contributed by atoms with Crippen molar-refractivity contribution in [2.75, 3.05) is 23.4 Å². The van der Waals surface area contributed by atoms with Crippen molar-refractivity contribution in [2.45, 2.75) is 6.54 Å². The molecule has 2 rings (SSSR count). The van der Waals surface area contributed by atoms with E-state index in [4.69, 9.17) is 5.73 Å². The molecule has 5 heteroatoms. The first-order chi connectivity index (χ1) is 8.70. The Morgan fingerprint density at radius 1 is 1.33 bits per heavy atom. The summed E-state index contributed by atoms with van der Waals surface area (Å²) in [4.78, 5) is 3.96. The number of halogens is 1. The fourth-order valence-corrected chi connectivity index (χ4v) is 1.62. The lowest BCUT2D eigenvalue weighted by Crippen LogP contribution is -2.05. The molecule has 0 radical (unpaired) electrons. The van der Waals surface area contributed by atoms with Crippen molar-refractivity contribution in [1.29, 1.82) is 0 Å². The Hall–Kier alpha value is -2.30. The fourth-order valence-electron chi connectivity index (χ4n) is 1.62. The molecular weight excluding hydrogens is 231 g/mol. The Morgan fingerprint density at radius 2 is 2.17 bits per heavy atom. The first kappa shape index (κ1) is 12.2. The van der Waals surface area contributed by atoms with Crippen LogP contribution >= 0.6 is 0 Å². The summed E-state index contributed by atoms with van der Waals surface area (Å²) < 4.78 is 13.6. The lowest BCUT2D eigenvalue weighted by atomic mass is 10.2. The highest BCUT2D eigenvalue weighted by Crippen LogP contribution is 2.18. The summed E-state index contributed by atoms with van der Waals surface area (Å²) in [5.74, 6) is 0.159. The SMILES string of the molecule is CNc1ccc(F)c(CNc2cccnc2N)c1. The number of nitrogens with zero attached hydrogens (tertiary/aromatic N) is 1. The van der Waals surface area contributed by atoms with Crippen LogP contribution in [0.25, 0.3) is 0 Å². The van der Waals surface area contributed by atoms with Gasteiger partial charge in [-0.15, -0.1) is 0 Å². The number of nitrogens with one attached hydrogen (secondary N) is 2. The Labute approximate surface area is 105 Å². The van der Waals surface area contributed by atoms with Gasteiger partial charge in [0, 0.05) is 31.0 Å². The second-order valence-corrected chi connectivity index (χ2v) is 3.85. The van der Waals surface area contributed by atoms with Gasteiger partial charge in [-0.3, -0.25) is 0 Å². The summed E-state index contributed by atoms with van der Waals surface area (Å²) in [6, 6.07) is 8.48. The molecule has 0 amide bonds. The van der Waals surface area contributed by atoms with E-state index in [2.05, 4.69) is 15.6 Å². The van der Waals surface area contributed by atoms with Crippen molar-refractivity contribution < 1.29 is 4.39 Å². The van der Waals surface area contributed by atoms with E-state index in [1.807, 2.05) is 6.07 Å². The number of hydrogen-bond acceptors (Lipinski definition) is 4. The zero-order valence-electron chi connectivity index (χ0n) is 10.1. The van der Waals surface area contributed by atoms with Crippen LogP contribution in [0.5, 0.6) is 0 Å². The number of rotatable bonds is 4. The summed E-state index contributed by atoms with van der Waals surface area (Å²) in [5, 5.41) is 6.04. The van der Waals surface area contributed by atoms with Crippen LogP contribution in [-0.4, -0.2) is 12.0 Å². The summed E-state index contributed by atoms with van der Waals surface area (Å²) in [7, 11) is 1.80. The smallest absolute Gasteiger partial charge is 0.146 e. The fraction of sp³-hybridized carbons (Fsp3) is 0.154. The van der Waals surface area contributed by atoms with E-state index in [9.17, 15) is 4.39 Å². The zero-order valence-corrected chi connectivity index (χ0v) is 10.1. The van der Waals surface area contributed by atoms with Crippen LogP contribution in [0.4, 0.5) is 21.6 Å². The van der Waals surface area contributed by atoms with Gasteiger partial charge < -0.3 is 16.4 Å². The molecule has 0 spiro atoms. The van der Waals surface area contributed by atoms with Crippen molar-refractivity contribution in [3.05, 3.63) is 47.9 Å². The molecule has 1 aromatic heterocycles. The number of anilines is 3. The zero-order chi connectivity index (χ0) is 13.0. The quantitative estimate of drug-likeness (QED) is 0.775. The molecule has 0 bridgehead atoms. The van der Waals surface area contributed by atoms with Gasteiger partial charge in [0.25, 0.3) is 0 Å². The molecule has 0 aliphatic heterocycles. The summed E-state index contributed by atoms with van der Waals surface area (Å²) >= 11 is 0. The second kappa shape index (κ2) is 5.35. The van der Waals surface area contributed by atoms with Crippen LogP contribution in [0.3, 0.4) is 0 Å². The molecule has 0 fully saturated rings. The molecule has 0 aliphatic carbocycles. The van der Waals surface area contributed by atoms with Crippen LogP contribution in [0.2, 0.25) is 0 Å². The Balaban J connectivity index is 2.13. The maximum Gasteiger partial charge on any atom is 0.146 e. The van der Waals surface area contributed by atoms with Gasteiger partial charge in [0.05, 0.1) is 5.69 Å². The molecule has 4 N–H and O–H groups in total. The van der Waals surface area contributed by atoms with E-state index in [0.717, 1.165) is 5.69 Å². The van der Waals surface area contributed by atoms with Crippen LogP contribution in [-0.2, 0) is 6.54 Å². The first-order valence-corrected chi connectivity index (χ1v) is 5.61. The van der Waals surface area contributed by atoms with Crippen LogP contribution < -0.4 is 16.4 Å². The van der Waals surface area contributed by atoms with Gasteiger partial charge in [-0.25, -0.2) is 9.37 Å². The summed E-state index contributed by atoms with van der Waals surface area (Å²) in [5.41, 5.74) is 7.84. The number of nitrogens with two attached hydrogens (primary N) is 1. The maximum atomic E-state index is 13.6. The van der Waals surface area contributed by atoms with E-state index in [1.165, 1.54) is 6.07 Å². The number of nitrogen functional groups attached to an aromatic ring is 1. The highest BCUT2D eigenvalue weighted by molar-refractivity contribution is 5.61. The normalized spacial score (nSPS) is 10.1. The average molecular weight is 246 g/mol. The monoisotopic (exact) mass is 246 g/mol. The van der Waals surface area contributed by atoms with Crippen molar-refractivity contribution in [3.63, 3.8) is 0 Å². The van der Waals surface area contributed by atoms with E-state index in [0.29, 0.717) is 23.6 Å². The van der Waals surface area contributed by atoms with Crippen LogP contribution in [0.15, 0.2) is 36.5 Å². The molecule has 0 unspecified atom stereocenters. The first-order valence-electron chi connectivity index (χ1n) is 5.61. The molecule has 2 aromatic rings. The predicted octanol–water partition coefficient (Wildman–Crippen LogP) is 2.46. The van der Waals surface area contributed by atoms with Crippen molar-refractivity contribution >= 4 is 17.2 Å². The van der Waals surface area contributed by atoms with E-state index in [-0.39, 0.29) is 5.82 Å². The average Bonchev–Trinajstić information content (AvgIpc) is 2.39. The topological polar surface area (TPSA) is 63.0 Å². The minimum Gasteiger partial charge on any atom is -0.388 e. The number of benzene rings is 1. The highest BCUT2D eigenvalue weighted by Gasteiger charge is 2.04. The van der Waals surface area contributed by atoms with Crippen molar-refractivity contribution in [3.8, 4) is 0 Å². The molecule has 0 saturated heterocycles. The molecule has 0 aliphatic rings. The van der Waals surface area contributed by atoms with Gasteiger partial charge in [-0.05, 0) is 30.3 Å². The van der Waals surface area contributed by atoms with E-state index < -0.39 is 0 Å². The standard InChI is InChI=1S/C13H15FN4/c1-16-10-4-5-11(14)9(7-10)8-18-12-3-2-6-17-13(12)15/h2-7,16,18H,8H2,1H3,(H2,15,17). The van der Waals surface area contributed by atoms with Gasteiger partial charge in [0.2, 0.25) is 0 Å². The Kier molecular flexibility index (Phi) is 3.62. The van der Waals surface area contributed by atoms with Gasteiger partial charge >= 0.3 is 0 Å². The molecule has 4 nitrogen and oxygen atoms in total. The van der Waals surface area contributed by atoms with Crippen molar-refractivity contribution in [1.82, 2.24) is 4.98 Å². The third-order valence-electron chi connectivity index (χ3n) is 2.64. The molecule has 94 valence electrons. The van der Waals surface area contributed by atoms with Gasteiger partial charge in [-0.2, -0.15) is 0 Å². The molecule has 0 atom stereocenters. The lowest BCUT2D eigenvalue weighted by molar-refractivity contribution is 0.613. The van der Waals surface area contributed by atoms with E-state index in [1.54, 1.807) is 31.4 Å². The predicted molar refractivity (Wildman–Crippen MR) is 71.9 cm³/mol. The molecule has 18 heavy (non-hydrogen) atoms. The molecule has 0 saturated carbocycles. The second-order valence-electron chi connectivity index (χ2n) is 3.85. The van der Waals surface area contributed by atoms with Crippen LogP contribution in [0.1, 0.15) is 5.56 Å². The highest BCUT2D eigenvalue weighted by atomic mass is 19.1. The third kappa shape index (κ3) is 2.68. The summed E-state index contributed by atoms with van der Waals surface area (Å²) in [6.45, 7) is 0.358. The van der Waals surface area contributed by atoms with Gasteiger partial charge in [0.1, 0.15) is 11.6 Å². The largest absolute Gasteiger partial charge is 0.388 e. The van der Waals surface area contributed by atoms with Gasteiger partial charge in [-0.1, -0.05) is 0 Å². The summed E-state index contributed by atoms with van der Waals surface area (Å²) in [6.07, 6.45) is 1.61. The van der Waals surface area contributed by atoms with E-state index >= 15 is 0 Å². The minimum absolute atomic E-state index is 0.246. The Morgan fingerprint density at radius 3 is 2.89 bits per heavy atom. The molecule has 1 heterocycles. The number of aromatic nitrogens is 1. The maximum absolute atomic E-state index is 13.6. The van der Waals surface area contributed by atoms with Crippen molar-refractivity contribution in [2.24, 2.45) is 0 Å².